The van der Waals surface area contributed by atoms with Crippen molar-refractivity contribution in [3.63, 3.8) is 0 Å². The molecule has 1 amide bonds. The number of halogens is 1. The minimum absolute atomic E-state index is 0. The van der Waals surface area contributed by atoms with Crippen LogP contribution in [0, 0.1) is 0 Å². The molecule has 1 rings (SSSR count). The highest BCUT2D eigenvalue weighted by molar-refractivity contribution is 5.85. The first-order chi connectivity index (χ1) is 8.13. The van der Waals surface area contributed by atoms with E-state index in [2.05, 4.69) is 5.32 Å². The lowest BCUT2D eigenvalue weighted by atomic mass is 10.3. The lowest BCUT2D eigenvalue weighted by molar-refractivity contribution is -0.122. The zero-order chi connectivity index (χ0) is 12.7. The fourth-order valence-electron chi connectivity index (χ4n) is 1.18. The molecule has 0 aromatic heterocycles. The monoisotopic (exact) mass is 274 g/mol. The molecule has 1 aromatic carbocycles. The first-order valence-electron chi connectivity index (χ1n) is 5.43. The fraction of sp³-hybridized carbons (Fsp3) is 0.417. The summed E-state index contributed by atoms with van der Waals surface area (Å²) in [6, 6.07) is 6.76. The minimum Gasteiger partial charge on any atom is -0.497 e. The van der Waals surface area contributed by atoms with Gasteiger partial charge in [-0.25, -0.2) is 0 Å². The maximum Gasteiger partial charge on any atom is 0.236 e. The van der Waals surface area contributed by atoms with Crippen molar-refractivity contribution in [1.82, 2.24) is 5.32 Å². The SMILES string of the molecule is COc1ccc(OCCNC(=O)[C@H](C)N)cc1.Cl. The van der Waals surface area contributed by atoms with E-state index >= 15 is 0 Å². The Labute approximate surface area is 113 Å². The van der Waals surface area contributed by atoms with Crippen LogP contribution in [0.2, 0.25) is 0 Å². The van der Waals surface area contributed by atoms with Crippen molar-refractivity contribution < 1.29 is 14.3 Å². The molecule has 5 nitrogen and oxygen atoms in total. The number of hydrogen-bond acceptors (Lipinski definition) is 4. The number of carbonyl (C=O) groups excluding carboxylic acids is 1. The molecule has 1 atom stereocenters. The number of rotatable bonds is 6. The van der Waals surface area contributed by atoms with Gasteiger partial charge >= 0.3 is 0 Å². The van der Waals surface area contributed by atoms with Crippen LogP contribution < -0.4 is 20.5 Å². The van der Waals surface area contributed by atoms with Crippen LogP contribution in [0.25, 0.3) is 0 Å². The van der Waals surface area contributed by atoms with Gasteiger partial charge in [-0.1, -0.05) is 0 Å². The second kappa shape index (κ2) is 8.60. The van der Waals surface area contributed by atoms with E-state index in [4.69, 9.17) is 15.2 Å². The molecule has 0 saturated heterocycles. The van der Waals surface area contributed by atoms with Gasteiger partial charge in [0.05, 0.1) is 19.7 Å². The average molecular weight is 275 g/mol. The topological polar surface area (TPSA) is 73.6 Å². The molecule has 102 valence electrons. The van der Waals surface area contributed by atoms with Crippen molar-refractivity contribution in [2.45, 2.75) is 13.0 Å². The van der Waals surface area contributed by atoms with Crippen molar-refractivity contribution in [2.24, 2.45) is 5.73 Å². The maximum atomic E-state index is 11.1. The number of methoxy groups -OCH3 is 1. The number of nitrogens with one attached hydrogen (secondary N) is 1. The quantitative estimate of drug-likeness (QED) is 0.758. The van der Waals surface area contributed by atoms with Gasteiger partial charge in [-0.2, -0.15) is 0 Å². The lowest BCUT2D eigenvalue weighted by Gasteiger charge is -2.09. The molecule has 18 heavy (non-hydrogen) atoms. The zero-order valence-corrected chi connectivity index (χ0v) is 11.3. The Balaban J connectivity index is 0.00000289. The predicted molar refractivity (Wildman–Crippen MR) is 72.4 cm³/mol. The van der Waals surface area contributed by atoms with Gasteiger partial charge in [0.15, 0.2) is 0 Å². The lowest BCUT2D eigenvalue weighted by Crippen LogP contribution is -2.40. The first kappa shape index (κ1) is 16.5. The molecule has 0 radical (unpaired) electrons. The third kappa shape index (κ3) is 5.75. The van der Waals surface area contributed by atoms with Gasteiger partial charge in [-0.15, -0.1) is 12.4 Å². The standard InChI is InChI=1S/C12H18N2O3.ClH/c1-9(13)12(15)14-7-8-17-11-5-3-10(16-2)4-6-11;/h3-6,9H,7-8,13H2,1-2H3,(H,14,15);1H/t9-;/m0./s1. The van der Waals surface area contributed by atoms with Crippen LogP contribution in [-0.2, 0) is 4.79 Å². The number of ether oxygens (including phenoxy) is 2. The van der Waals surface area contributed by atoms with Crippen LogP contribution in [0.1, 0.15) is 6.92 Å². The highest BCUT2D eigenvalue weighted by Crippen LogP contribution is 2.16. The first-order valence-corrected chi connectivity index (χ1v) is 5.43. The molecule has 0 aliphatic rings. The van der Waals surface area contributed by atoms with E-state index in [-0.39, 0.29) is 18.3 Å². The summed E-state index contributed by atoms with van der Waals surface area (Å²) in [6.07, 6.45) is 0. The van der Waals surface area contributed by atoms with Gasteiger partial charge in [-0.05, 0) is 31.2 Å². The fourth-order valence-corrected chi connectivity index (χ4v) is 1.18. The molecule has 0 aliphatic carbocycles. The maximum absolute atomic E-state index is 11.1. The van der Waals surface area contributed by atoms with E-state index in [1.54, 1.807) is 14.0 Å². The van der Waals surface area contributed by atoms with Crippen LogP contribution in [0.3, 0.4) is 0 Å². The summed E-state index contributed by atoms with van der Waals surface area (Å²) < 4.78 is 10.5. The Kier molecular flexibility index (Phi) is 7.91. The summed E-state index contributed by atoms with van der Waals surface area (Å²) in [5, 5.41) is 2.66. The zero-order valence-electron chi connectivity index (χ0n) is 10.5. The Hall–Kier alpha value is -1.46. The van der Waals surface area contributed by atoms with Crippen molar-refractivity contribution in [2.75, 3.05) is 20.3 Å². The molecule has 0 unspecified atom stereocenters. The minimum atomic E-state index is -0.490. The van der Waals surface area contributed by atoms with Crippen molar-refractivity contribution in [3.8, 4) is 11.5 Å². The van der Waals surface area contributed by atoms with Crippen LogP contribution in [-0.4, -0.2) is 32.2 Å². The molecular weight excluding hydrogens is 256 g/mol. The van der Waals surface area contributed by atoms with Gasteiger partial charge in [0.1, 0.15) is 18.1 Å². The number of benzene rings is 1. The van der Waals surface area contributed by atoms with Gasteiger partial charge < -0.3 is 20.5 Å². The summed E-state index contributed by atoms with van der Waals surface area (Å²) in [5.74, 6) is 1.34. The van der Waals surface area contributed by atoms with E-state index < -0.39 is 6.04 Å². The van der Waals surface area contributed by atoms with E-state index in [1.807, 2.05) is 24.3 Å². The summed E-state index contributed by atoms with van der Waals surface area (Å²) in [5.41, 5.74) is 5.39. The second-order valence-corrected chi connectivity index (χ2v) is 3.60. The molecule has 0 aliphatic heterocycles. The summed E-state index contributed by atoms with van der Waals surface area (Å²) in [7, 11) is 1.61. The Morgan fingerprint density at radius 3 is 2.39 bits per heavy atom. The molecule has 3 N–H and O–H groups in total. The normalized spacial score (nSPS) is 11.1. The third-order valence-electron chi connectivity index (χ3n) is 2.14. The van der Waals surface area contributed by atoms with Gasteiger partial charge in [0.2, 0.25) is 5.91 Å². The number of nitrogens with two attached hydrogens (primary N) is 1. The van der Waals surface area contributed by atoms with E-state index in [1.165, 1.54) is 0 Å². The number of carbonyl (C=O) groups is 1. The van der Waals surface area contributed by atoms with Gasteiger partial charge in [0.25, 0.3) is 0 Å². The number of amides is 1. The number of hydrogen-bond donors (Lipinski definition) is 2. The summed E-state index contributed by atoms with van der Waals surface area (Å²) >= 11 is 0. The van der Waals surface area contributed by atoms with E-state index in [0.717, 1.165) is 11.5 Å². The smallest absolute Gasteiger partial charge is 0.236 e. The Morgan fingerprint density at radius 1 is 1.33 bits per heavy atom. The molecule has 0 bridgehead atoms. The van der Waals surface area contributed by atoms with Crippen LogP contribution in [0.15, 0.2) is 24.3 Å². The molecule has 0 saturated carbocycles. The van der Waals surface area contributed by atoms with Crippen LogP contribution in [0.4, 0.5) is 0 Å². The van der Waals surface area contributed by atoms with Crippen LogP contribution >= 0.6 is 12.4 Å². The highest BCUT2D eigenvalue weighted by Gasteiger charge is 2.05. The second-order valence-electron chi connectivity index (χ2n) is 3.60. The summed E-state index contributed by atoms with van der Waals surface area (Å²) in [4.78, 5) is 11.1. The van der Waals surface area contributed by atoms with Crippen molar-refractivity contribution >= 4 is 18.3 Å². The molecule has 6 heteroatoms. The third-order valence-corrected chi connectivity index (χ3v) is 2.14. The van der Waals surface area contributed by atoms with Crippen LogP contribution in [0.5, 0.6) is 11.5 Å². The van der Waals surface area contributed by atoms with Crippen molar-refractivity contribution in [1.29, 1.82) is 0 Å². The van der Waals surface area contributed by atoms with Gasteiger partial charge in [0, 0.05) is 0 Å². The predicted octanol–water partition coefficient (Wildman–Crippen LogP) is 0.959. The molecule has 0 heterocycles. The molecule has 0 spiro atoms. The Morgan fingerprint density at radius 2 is 1.89 bits per heavy atom. The molecule has 1 aromatic rings. The average Bonchev–Trinajstić information content (AvgIpc) is 2.35. The van der Waals surface area contributed by atoms with Crippen molar-refractivity contribution in [3.05, 3.63) is 24.3 Å². The Bertz CT molecular complexity index is 355. The summed E-state index contributed by atoms with van der Waals surface area (Å²) in [6.45, 7) is 2.48. The van der Waals surface area contributed by atoms with E-state index in [9.17, 15) is 4.79 Å². The van der Waals surface area contributed by atoms with E-state index in [0.29, 0.717) is 13.2 Å². The largest absolute Gasteiger partial charge is 0.497 e. The molecule has 0 fully saturated rings. The van der Waals surface area contributed by atoms with Gasteiger partial charge in [-0.3, -0.25) is 4.79 Å². The molecular formula is C12H19ClN2O3. The highest BCUT2D eigenvalue weighted by atomic mass is 35.5.